The first-order chi connectivity index (χ1) is 11.7. The fraction of sp³-hybridized carbons (Fsp3) is 0.353. The van der Waals surface area contributed by atoms with Crippen molar-refractivity contribution in [2.75, 3.05) is 32.6 Å². The van der Waals surface area contributed by atoms with Crippen molar-refractivity contribution in [1.29, 1.82) is 0 Å². The summed E-state index contributed by atoms with van der Waals surface area (Å²) >= 11 is 3.30. The van der Waals surface area contributed by atoms with Gasteiger partial charge in [-0.3, -0.25) is 4.99 Å². The molecule has 8 heteroatoms. The van der Waals surface area contributed by atoms with Crippen molar-refractivity contribution in [2.24, 2.45) is 4.99 Å². The third-order valence-corrected chi connectivity index (χ3v) is 3.67. The van der Waals surface area contributed by atoms with E-state index in [9.17, 15) is 0 Å². The highest BCUT2D eigenvalue weighted by Gasteiger charge is 2.06. The van der Waals surface area contributed by atoms with Crippen molar-refractivity contribution in [3.05, 3.63) is 40.8 Å². The van der Waals surface area contributed by atoms with Gasteiger partial charge in [-0.1, -0.05) is 0 Å². The maximum atomic E-state index is 5.48. The summed E-state index contributed by atoms with van der Waals surface area (Å²) in [5.74, 6) is 2.95. The number of ether oxygens (including phenoxy) is 2. The van der Waals surface area contributed by atoms with Gasteiger partial charge in [-0.25, -0.2) is 0 Å². The number of anilines is 1. The van der Waals surface area contributed by atoms with E-state index < -0.39 is 0 Å². The second-order valence-corrected chi connectivity index (χ2v) is 5.69. The maximum absolute atomic E-state index is 5.48. The molecule has 138 valence electrons. The fourth-order valence-corrected chi connectivity index (χ4v) is 2.46. The van der Waals surface area contributed by atoms with Gasteiger partial charge in [-0.2, -0.15) is 0 Å². The molecule has 0 bridgehead atoms. The van der Waals surface area contributed by atoms with E-state index in [1.54, 1.807) is 14.2 Å². The average molecular weight is 524 g/mol. The molecule has 0 spiro atoms. The number of rotatable bonds is 7. The zero-order valence-electron chi connectivity index (χ0n) is 14.5. The molecular formula is C17H23BrIN3O3. The molecule has 25 heavy (non-hydrogen) atoms. The number of furan rings is 1. The molecule has 0 fully saturated rings. The molecule has 0 atom stereocenters. The number of nitrogens with one attached hydrogen (secondary N) is 2. The number of aliphatic imine (C=N–C) groups is 1. The molecule has 6 nitrogen and oxygen atoms in total. The largest absolute Gasteiger partial charge is 0.493 e. The Labute approximate surface area is 173 Å². The van der Waals surface area contributed by atoms with Crippen LogP contribution in [0.2, 0.25) is 0 Å². The van der Waals surface area contributed by atoms with Crippen LogP contribution in [0.15, 0.2) is 44.4 Å². The first-order valence-corrected chi connectivity index (χ1v) is 8.47. The standard InChI is InChI=1S/C17H22BrN3O3.HI/c1-4-19-17(20-10-9-13-6-8-16(18)24-13)21-12-5-7-14(22-2)15(11-12)23-3;/h5-8,11H,4,9-10H2,1-3H3,(H2,19,20,21);1H. The van der Waals surface area contributed by atoms with Gasteiger partial charge in [-0.15, -0.1) is 24.0 Å². The van der Waals surface area contributed by atoms with E-state index >= 15 is 0 Å². The Morgan fingerprint density at radius 2 is 1.92 bits per heavy atom. The Balaban J connectivity index is 0.00000312. The summed E-state index contributed by atoms with van der Waals surface area (Å²) in [6.07, 6.45) is 0.730. The zero-order valence-corrected chi connectivity index (χ0v) is 18.4. The van der Waals surface area contributed by atoms with Crippen molar-refractivity contribution in [3.63, 3.8) is 0 Å². The van der Waals surface area contributed by atoms with E-state index in [1.807, 2.05) is 37.3 Å². The summed E-state index contributed by atoms with van der Waals surface area (Å²) in [6, 6.07) is 9.46. The highest BCUT2D eigenvalue weighted by molar-refractivity contribution is 14.0. The lowest BCUT2D eigenvalue weighted by Gasteiger charge is -2.13. The van der Waals surface area contributed by atoms with Crippen LogP contribution in [0.1, 0.15) is 12.7 Å². The Morgan fingerprint density at radius 1 is 1.16 bits per heavy atom. The molecule has 0 saturated heterocycles. The van der Waals surface area contributed by atoms with Gasteiger partial charge in [0.1, 0.15) is 5.76 Å². The molecule has 2 rings (SSSR count). The van der Waals surface area contributed by atoms with E-state index in [1.165, 1.54) is 0 Å². The smallest absolute Gasteiger partial charge is 0.195 e. The number of methoxy groups -OCH3 is 2. The van der Waals surface area contributed by atoms with Gasteiger partial charge in [-0.05, 0) is 47.1 Å². The molecule has 0 amide bonds. The number of guanidine groups is 1. The monoisotopic (exact) mass is 523 g/mol. The lowest BCUT2D eigenvalue weighted by molar-refractivity contribution is 0.355. The Bertz CT molecular complexity index is 692. The van der Waals surface area contributed by atoms with Gasteiger partial charge in [0.05, 0.1) is 14.2 Å². The zero-order chi connectivity index (χ0) is 17.4. The molecule has 0 saturated carbocycles. The van der Waals surface area contributed by atoms with Crippen molar-refractivity contribution in [2.45, 2.75) is 13.3 Å². The van der Waals surface area contributed by atoms with Crippen molar-refractivity contribution < 1.29 is 13.9 Å². The van der Waals surface area contributed by atoms with E-state index in [0.29, 0.717) is 24.0 Å². The van der Waals surface area contributed by atoms with Crippen LogP contribution < -0.4 is 20.1 Å². The van der Waals surface area contributed by atoms with Crippen LogP contribution in [0.3, 0.4) is 0 Å². The number of benzene rings is 1. The summed E-state index contributed by atoms with van der Waals surface area (Å²) in [7, 11) is 3.23. The second-order valence-electron chi connectivity index (χ2n) is 4.91. The molecule has 2 N–H and O–H groups in total. The van der Waals surface area contributed by atoms with E-state index in [0.717, 1.165) is 29.1 Å². The third-order valence-electron chi connectivity index (χ3n) is 3.25. The third kappa shape index (κ3) is 6.77. The van der Waals surface area contributed by atoms with Gasteiger partial charge in [0, 0.05) is 31.3 Å². The average Bonchev–Trinajstić information content (AvgIpc) is 3.00. The molecular weight excluding hydrogens is 501 g/mol. The highest BCUT2D eigenvalue weighted by Crippen LogP contribution is 2.29. The predicted octanol–water partition coefficient (Wildman–Crippen LogP) is 4.30. The van der Waals surface area contributed by atoms with E-state index in [-0.39, 0.29) is 24.0 Å². The quantitative estimate of drug-likeness (QED) is 0.322. The maximum Gasteiger partial charge on any atom is 0.195 e. The molecule has 0 unspecified atom stereocenters. The van der Waals surface area contributed by atoms with Crippen LogP contribution in [-0.2, 0) is 6.42 Å². The second kappa shape index (κ2) is 11.2. The summed E-state index contributed by atoms with van der Waals surface area (Å²) in [5.41, 5.74) is 0.869. The number of hydrogen-bond donors (Lipinski definition) is 2. The minimum Gasteiger partial charge on any atom is -0.493 e. The van der Waals surface area contributed by atoms with E-state index in [2.05, 4.69) is 31.6 Å². The van der Waals surface area contributed by atoms with Gasteiger partial charge in [0.25, 0.3) is 0 Å². The van der Waals surface area contributed by atoms with Gasteiger partial charge < -0.3 is 24.5 Å². The van der Waals surface area contributed by atoms with E-state index in [4.69, 9.17) is 13.9 Å². The minimum absolute atomic E-state index is 0. The van der Waals surface area contributed by atoms with Crippen molar-refractivity contribution >= 4 is 51.6 Å². The van der Waals surface area contributed by atoms with Crippen LogP contribution in [-0.4, -0.2) is 33.3 Å². The van der Waals surface area contributed by atoms with Gasteiger partial charge >= 0.3 is 0 Å². The predicted molar refractivity (Wildman–Crippen MR) is 115 cm³/mol. The van der Waals surface area contributed by atoms with Gasteiger partial charge in [0.2, 0.25) is 0 Å². The molecule has 1 aromatic carbocycles. The summed E-state index contributed by atoms with van der Waals surface area (Å²) in [6.45, 7) is 3.41. The summed E-state index contributed by atoms with van der Waals surface area (Å²) in [4.78, 5) is 4.56. The number of nitrogens with zero attached hydrogens (tertiary/aromatic N) is 1. The van der Waals surface area contributed by atoms with Gasteiger partial charge in [0.15, 0.2) is 22.1 Å². The Kier molecular flexibility index (Phi) is 9.73. The van der Waals surface area contributed by atoms with Crippen LogP contribution in [0.25, 0.3) is 0 Å². The molecule has 1 heterocycles. The minimum atomic E-state index is 0. The molecule has 0 aliphatic carbocycles. The lowest BCUT2D eigenvalue weighted by atomic mass is 10.2. The number of hydrogen-bond acceptors (Lipinski definition) is 4. The lowest BCUT2D eigenvalue weighted by Crippen LogP contribution is -2.30. The summed E-state index contributed by atoms with van der Waals surface area (Å²) in [5, 5.41) is 6.48. The normalized spacial score (nSPS) is 10.8. The van der Waals surface area contributed by atoms with Crippen LogP contribution in [0.4, 0.5) is 5.69 Å². The molecule has 0 aliphatic rings. The fourth-order valence-electron chi connectivity index (χ4n) is 2.12. The Morgan fingerprint density at radius 3 is 2.52 bits per heavy atom. The molecule has 0 radical (unpaired) electrons. The Hall–Kier alpha value is -1.42. The van der Waals surface area contributed by atoms with Crippen molar-refractivity contribution in [3.8, 4) is 11.5 Å². The van der Waals surface area contributed by atoms with Crippen molar-refractivity contribution in [1.82, 2.24) is 5.32 Å². The molecule has 2 aromatic rings. The first kappa shape index (κ1) is 21.6. The first-order valence-electron chi connectivity index (χ1n) is 7.67. The van der Waals surface area contributed by atoms with Crippen LogP contribution >= 0.6 is 39.9 Å². The SMILES string of the molecule is CCNC(=NCCc1ccc(Br)o1)Nc1ccc(OC)c(OC)c1.I. The molecule has 0 aliphatic heterocycles. The summed E-state index contributed by atoms with van der Waals surface area (Å²) < 4.78 is 16.8. The molecule has 1 aromatic heterocycles. The topological polar surface area (TPSA) is 68.0 Å². The van der Waals surface area contributed by atoms with Crippen LogP contribution in [0.5, 0.6) is 11.5 Å². The number of halogens is 2. The highest BCUT2D eigenvalue weighted by atomic mass is 127. The van der Waals surface area contributed by atoms with Crippen LogP contribution in [0, 0.1) is 0 Å².